The van der Waals surface area contributed by atoms with Gasteiger partial charge in [-0.1, -0.05) is 42.5 Å². The summed E-state index contributed by atoms with van der Waals surface area (Å²) in [4.78, 5) is 2.34. The molecule has 1 fully saturated rings. The smallest absolute Gasteiger partial charge is 0.222 e. The zero-order valence-electron chi connectivity index (χ0n) is 18.1. The van der Waals surface area contributed by atoms with Crippen LogP contribution >= 0.6 is 0 Å². The van der Waals surface area contributed by atoms with Crippen LogP contribution in [0.1, 0.15) is 30.9 Å². The van der Waals surface area contributed by atoms with E-state index >= 15 is 0 Å². The lowest BCUT2D eigenvalue weighted by atomic mass is 10.1. The molecule has 0 spiro atoms. The Morgan fingerprint density at radius 3 is 2.60 bits per heavy atom. The van der Waals surface area contributed by atoms with Crippen molar-refractivity contribution in [3.8, 4) is 22.9 Å². The first-order valence-electron chi connectivity index (χ1n) is 10.8. The summed E-state index contributed by atoms with van der Waals surface area (Å²) in [5.41, 5.74) is 4.23. The van der Waals surface area contributed by atoms with Crippen LogP contribution < -0.4 is 4.74 Å². The predicted octanol–water partition coefficient (Wildman–Crippen LogP) is 4.78. The average molecular weight is 406 g/mol. The SMILES string of the molecule is Cc1cccc(Oc2c(CN(CC(C)O)CC3CC3)c(-c3ccccc3)nn2C)c1. The molecule has 1 atom stereocenters. The summed E-state index contributed by atoms with van der Waals surface area (Å²) < 4.78 is 8.19. The van der Waals surface area contributed by atoms with Gasteiger partial charge in [0.1, 0.15) is 11.4 Å². The molecule has 0 saturated heterocycles. The number of aromatic nitrogens is 2. The van der Waals surface area contributed by atoms with E-state index in [0.29, 0.717) is 13.1 Å². The lowest BCUT2D eigenvalue weighted by Gasteiger charge is -2.24. The third-order valence-electron chi connectivity index (χ3n) is 5.46. The number of rotatable bonds is 9. The van der Waals surface area contributed by atoms with Crippen molar-refractivity contribution >= 4 is 0 Å². The van der Waals surface area contributed by atoms with Gasteiger partial charge in [-0.15, -0.1) is 0 Å². The largest absolute Gasteiger partial charge is 0.439 e. The van der Waals surface area contributed by atoms with Crippen molar-refractivity contribution in [3.63, 3.8) is 0 Å². The molecule has 0 radical (unpaired) electrons. The highest BCUT2D eigenvalue weighted by Crippen LogP contribution is 2.36. The predicted molar refractivity (Wildman–Crippen MR) is 120 cm³/mol. The minimum absolute atomic E-state index is 0.373. The summed E-state index contributed by atoms with van der Waals surface area (Å²) in [6, 6.07) is 18.3. The summed E-state index contributed by atoms with van der Waals surface area (Å²) in [6.07, 6.45) is 2.19. The van der Waals surface area contributed by atoms with Crippen LogP contribution in [0, 0.1) is 12.8 Å². The Balaban J connectivity index is 1.72. The Kier molecular flexibility index (Phi) is 6.21. The highest BCUT2D eigenvalue weighted by Gasteiger charge is 2.28. The van der Waals surface area contributed by atoms with Gasteiger partial charge in [0.25, 0.3) is 0 Å². The number of benzene rings is 2. The minimum atomic E-state index is -0.373. The Morgan fingerprint density at radius 2 is 1.93 bits per heavy atom. The molecule has 1 unspecified atom stereocenters. The van der Waals surface area contributed by atoms with E-state index in [9.17, 15) is 5.11 Å². The van der Waals surface area contributed by atoms with Gasteiger partial charge in [0.2, 0.25) is 5.88 Å². The van der Waals surface area contributed by atoms with Gasteiger partial charge in [-0.25, -0.2) is 4.68 Å². The second-order valence-corrected chi connectivity index (χ2v) is 8.53. The molecule has 3 aromatic rings. The zero-order chi connectivity index (χ0) is 21.1. The van der Waals surface area contributed by atoms with Crippen LogP contribution in [0.2, 0.25) is 0 Å². The Bertz CT molecular complexity index is 973. The first-order chi connectivity index (χ1) is 14.5. The molecule has 158 valence electrons. The van der Waals surface area contributed by atoms with Crippen LogP contribution in [-0.2, 0) is 13.6 Å². The lowest BCUT2D eigenvalue weighted by molar-refractivity contribution is 0.119. The highest BCUT2D eigenvalue weighted by molar-refractivity contribution is 5.65. The van der Waals surface area contributed by atoms with Crippen molar-refractivity contribution in [1.82, 2.24) is 14.7 Å². The van der Waals surface area contributed by atoms with Gasteiger partial charge in [0, 0.05) is 32.2 Å². The standard InChI is InChI=1S/C25H31N3O2/c1-18-8-7-11-22(14-18)30-25-23(17-28(15-19(2)29)16-20-12-13-20)24(26-27(25)3)21-9-5-4-6-10-21/h4-11,14,19-20,29H,12-13,15-17H2,1-3H3. The maximum atomic E-state index is 10.1. The van der Waals surface area contributed by atoms with Crippen molar-refractivity contribution in [2.45, 2.75) is 39.3 Å². The molecule has 30 heavy (non-hydrogen) atoms. The summed E-state index contributed by atoms with van der Waals surface area (Å²) in [7, 11) is 1.93. The molecular weight excluding hydrogens is 374 g/mol. The van der Waals surface area contributed by atoms with Crippen LogP contribution in [0.15, 0.2) is 54.6 Å². The molecule has 4 rings (SSSR count). The first-order valence-corrected chi connectivity index (χ1v) is 10.8. The number of aliphatic hydroxyl groups is 1. The third-order valence-corrected chi connectivity index (χ3v) is 5.46. The molecule has 2 aromatic carbocycles. The molecule has 5 heteroatoms. The third kappa shape index (κ3) is 5.10. The molecule has 0 aliphatic heterocycles. The van der Waals surface area contributed by atoms with Crippen LogP contribution in [0.3, 0.4) is 0 Å². The van der Waals surface area contributed by atoms with Crippen molar-refractivity contribution in [2.75, 3.05) is 13.1 Å². The number of hydrogen-bond donors (Lipinski definition) is 1. The van der Waals surface area contributed by atoms with Crippen LogP contribution in [0.4, 0.5) is 0 Å². The molecule has 1 saturated carbocycles. The van der Waals surface area contributed by atoms with E-state index in [2.05, 4.69) is 30.0 Å². The molecule has 1 aliphatic carbocycles. The van der Waals surface area contributed by atoms with Gasteiger partial charge in [0.05, 0.1) is 11.7 Å². The van der Waals surface area contributed by atoms with Crippen LogP contribution in [0.5, 0.6) is 11.6 Å². The highest BCUT2D eigenvalue weighted by atomic mass is 16.5. The van der Waals surface area contributed by atoms with Crippen molar-refractivity contribution in [3.05, 3.63) is 65.7 Å². The molecule has 1 N–H and O–H groups in total. The van der Waals surface area contributed by atoms with E-state index in [1.165, 1.54) is 12.8 Å². The number of ether oxygens (including phenoxy) is 1. The van der Waals surface area contributed by atoms with Gasteiger partial charge in [-0.2, -0.15) is 5.10 Å². The maximum Gasteiger partial charge on any atom is 0.222 e. The molecular formula is C25H31N3O2. The average Bonchev–Trinajstić information content (AvgIpc) is 3.47. The molecule has 5 nitrogen and oxygen atoms in total. The van der Waals surface area contributed by atoms with Crippen molar-refractivity contribution in [2.24, 2.45) is 13.0 Å². The van der Waals surface area contributed by atoms with Gasteiger partial charge >= 0.3 is 0 Å². The molecule has 1 aromatic heterocycles. The normalized spacial score (nSPS) is 14.8. The Hall–Kier alpha value is -2.63. The van der Waals surface area contributed by atoms with E-state index in [1.807, 2.05) is 55.1 Å². The Labute approximate surface area is 178 Å². The summed E-state index contributed by atoms with van der Waals surface area (Å²) in [5, 5.41) is 14.9. The summed E-state index contributed by atoms with van der Waals surface area (Å²) in [5.74, 6) is 2.30. The topological polar surface area (TPSA) is 50.5 Å². The van der Waals surface area contributed by atoms with Crippen LogP contribution in [-0.4, -0.2) is 39.0 Å². The monoisotopic (exact) mass is 405 g/mol. The Morgan fingerprint density at radius 1 is 1.17 bits per heavy atom. The van der Waals surface area contributed by atoms with E-state index in [4.69, 9.17) is 9.84 Å². The fraction of sp³-hybridized carbons (Fsp3) is 0.400. The minimum Gasteiger partial charge on any atom is -0.439 e. The molecule has 1 heterocycles. The van der Waals surface area contributed by atoms with E-state index < -0.39 is 0 Å². The molecule has 0 amide bonds. The fourth-order valence-corrected chi connectivity index (χ4v) is 3.91. The maximum absolute atomic E-state index is 10.1. The second-order valence-electron chi connectivity index (χ2n) is 8.53. The van der Waals surface area contributed by atoms with E-state index in [1.54, 1.807) is 0 Å². The second kappa shape index (κ2) is 9.02. The van der Waals surface area contributed by atoms with Gasteiger partial charge in [-0.05, 0) is 50.3 Å². The van der Waals surface area contributed by atoms with Gasteiger partial charge < -0.3 is 9.84 Å². The molecule has 0 bridgehead atoms. The number of aliphatic hydroxyl groups excluding tert-OH is 1. The molecule has 1 aliphatic rings. The van der Waals surface area contributed by atoms with Crippen molar-refractivity contribution < 1.29 is 9.84 Å². The number of aryl methyl sites for hydroxylation is 2. The van der Waals surface area contributed by atoms with Gasteiger partial charge in [-0.3, -0.25) is 4.90 Å². The number of hydrogen-bond acceptors (Lipinski definition) is 4. The van der Waals surface area contributed by atoms with Crippen molar-refractivity contribution in [1.29, 1.82) is 0 Å². The zero-order valence-corrected chi connectivity index (χ0v) is 18.1. The summed E-state index contributed by atoms with van der Waals surface area (Å²) >= 11 is 0. The fourth-order valence-electron chi connectivity index (χ4n) is 3.91. The number of nitrogens with zero attached hydrogens (tertiary/aromatic N) is 3. The van der Waals surface area contributed by atoms with E-state index in [0.717, 1.165) is 46.5 Å². The lowest BCUT2D eigenvalue weighted by Crippen LogP contribution is -2.32. The summed E-state index contributed by atoms with van der Waals surface area (Å²) in [6.45, 7) is 6.25. The van der Waals surface area contributed by atoms with E-state index in [-0.39, 0.29) is 6.10 Å². The first kappa shape index (κ1) is 20.6. The van der Waals surface area contributed by atoms with Gasteiger partial charge in [0.15, 0.2) is 0 Å². The van der Waals surface area contributed by atoms with Crippen LogP contribution in [0.25, 0.3) is 11.3 Å². The quantitative estimate of drug-likeness (QED) is 0.557.